The Morgan fingerprint density at radius 3 is 2.87 bits per heavy atom. The summed E-state index contributed by atoms with van der Waals surface area (Å²) in [6.45, 7) is 7.43. The highest BCUT2D eigenvalue weighted by molar-refractivity contribution is 7.99. The van der Waals surface area contributed by atoms with E-state index in [1.165, 1.54) is 23.3 Å². The smallest absolute Gasteiger partial charge is 0.263 e. The molecule has 23 heavy (non-hydrogen) atoms. The molecule has 0 saturated heterocycles. The Hall–Kier alpha value is -0.850. The van der Waals surface area contributed by atoms with Gasteiger partial charge in [0.15, 0.2) is 5.16 Å². The van der Waals surface area contributed by atoms with Gasteiger partial charge in [-0.25, -0.2) is 4.98 Å². The van der Waals surface area contributed by atoms with Crippen LogP contribution in [0, 0.1) is 0 Å². The van der Waals surface area contributed by atoms with Gasteiger partial charge in [0, 0.05) is 17.2 Å². The molecule has 0 N–H and O–H groups in total. The highest BCUT2D eigenvalue weighted by atomic mass is 32.2. The second-order valence-corrected chi connectivity index (χ2v) is 8.25. The largest absolute Gasteiger partial charge is 0.378 e. The van der Waals surface area contributed by atoms with E-state index >= 15 is 0 Å². The van der Waals surface area contributed by atoms with Crippen molar-refractivity contribution in [2.24, 2.45) is 0 Å². The van der Waals surface area contributed by atoms with Crippen LogP contribution in [-0.2, 0) is 24.1 Å². The van der Waals surface area contributed by atoms with Crippen LogP contribution in [0.2, 0.25) is 0 Å². The lowest BCUT2D eigenvalue weighted by atomic mass is 9.97. The molecular formula is C17H24N2O2S2. The second-order valence-electron chi connectivity index (χ2n) is 6.10. The van der Waals surface area contributed by atoms with Crippen molar-refractivity contribution in [3.05, 3.63) is 20.8 Å². The fourth-order valence-corrected chi connectivity index (χ4v) is 5.22. The fourth-order valence-electron chi connectivity index (χ4n) is 3.03. The summed E-state index contributed by atoms with van der Waals surface area (Å²) in [5.74, 6) is 0.821. The fraction of sp³-hybridized carbons (Fsp3) is 0.647. The maximum Gasteiger partial charge on any atom is 0.263 e. The van der Waals surface area contributed by atoms with Crippen molar-refractivity contribution in [2.75, 3.05) is 12.4 Å². The standard InChI is InChI=1S/C17H24N2O2S2/c1-4-19-16(20)14-12-7-5-6-8-13(12)23-15(14)18-17(19)22-10-9-21-11(2)3/h11H,4-10H2,1-3H3. The van der Waals surface area contributed by atoms with Crippen LogP contribution < -0.4 is 5.56 Å². The molecule has 126 valence electrons. The minimum atomic E-state index is 0.143. The Balaban J connectivity index is 1.94. The van der Waals surface area contributed by atoms with E-state index in [0.29, 0.717) is 13.2 Å². The SMILES string of the molecule is CCn1c(SCCOC(C)C)nc2sc3c(c2c1=O)CCCC3. The third-order valence-electron chi connectivity index (χ3n) is 4.12. The number of thiophene rings is 1. The first-order valence-corrected chi connectivity index (χ1v) is 10.2. The second kappa shape index (κ2) is 7.36. The third-order valence-corrected chi connectivity index (χ3v) is 6.25. The van der Waals surface area contributed by atoms with E-state index in [9.17, 15) is 4.79 Å². The molecule has 0 fully saturated rings. The number of fused-ring (bicyclic) bond motifs is 3. The van der Waals surface area contributed by atoms with Gasteiger partial charge < -0.3 is 4.74 Å². The van der Waals surface area contributed by atoms with E-state index in [-0.39, 0.29) is 11.7 Å². The van der Waals surface area contributed by atoms with E-state index in [1.54, 1.807) is 23.1 Å². The molecule has 0 bridgehead atoms. The molecule has 2 heterocycles. The molecule has 0 spiro atoms. The number of hydrogen-bond donors (Lipinski definition) is 0. The third kappa shape index (κ3) is 3.49. The predicted molar refractivity (Wildman–Crippen MR) is 98.0 cm³/mol. The normalized spacial score (nSPS) is 14.6. The van der Waals surface area contributed by atoms with Gasteiger partial charge >= 0.3 is 0 Å². The van der Waals surface area contributed by atoms with Crippen LogP contribution in [0.25, 0.3) is 10.2 Å². The van der Waals surface area contributed by atoms with Gasteiger partial charge in [0.25, 0.3) is 5.56 Å². The monoisotopic (exact) mass is 352 g/mol. The molecule has 0 atom stereocenters. The summed E-state index contributed by atoms with van der Waals surface area (Å²) < 4.78 is 7.41. The summed E-state index contributed by atoms with van der Waals surface area (Å²) in [7, 11) is 0. The topological polar surface area (TPSA) is 44.1 Å². The number of aryl methyl sites for hydroxylation is 2. The average Bonchev–Trinajstić information content (AvgIpc) is 2.90. The van der Waals surface area contributed by atoms with Crippen molar-refractivity contribution < 1.29 is 4.74 Å². The summed E-state index contributed by atoms with van der Waals surface area (Å²) >= 11 is 3.34. The van der Waals surface area contributed by atoms with Gasteiger partial charge in [0.1, 0.15) is 4.83 Å². The molecule has 0 amide bonds. The Labute approximate surface area is 145 Å². The molecule has 0 aromatic carbocycles. The van der Waals surface area contributed by atoms with E-state index in [2.05, 4.69) is 0 Å². The summed E-state index contributed by atoms with van der Waals surface area (Å²) in [6.07, 6.45) is 4.80. The van der Waals surface area contributed by atoms with Crippen LogP contribution in [0.1, 0.15) is 44.1 Å². The lowest BCUT2D eigenvalue weighted by Crippen LogP contribution is -2.23. The van der Waals surface area contributed by atoms with E-state index in [1.807, 2.05) is 25.3 Å². The molecule has 3 rings (SSSR count). The first-order chi connectivity index (χ1) is 11.1. The number of ether oxygens (including phenoxy) is 1. The molecule has 6 heteroatoms. The number of hydrogen-bond acceptors (Lipinski definition) is 5. The predicted octanol–water partition coefficient (Wildman–Crippen LogP) is 3.87. The van der Waals surface area contributed by atoms with Crippen molar-refractivity contribution >= 4 is 33.3 Å². The Kier molecular flexibility index (Phi) is 5.44. The molecular weight excluding hydrogens is 328 g/mol. The number of aromatic nitrogens is 2. The van der Waals surface area contributed by atoms with Crippen LogP contribution >= 0.6 is 23.1 Å². The van der Waals surface area contributed by atoms with E-state index in [0.717, 1.165) is 34.0 Å². The molecule has 2 aromatic heterocycles. The number of thioether (sulfide) groups is 1. The van der Waals surface area contributed by atoms with Crippen molar-refractivity contribution in [3.63, 3.8) is 0 Å². The average molecular weight is 353 g/mol. The quantitative estimate of drug-likeness (QED) is 0.450. The van der Waals surface area contributed by atoms with Gasteiger partial charge in [0.05, 0.1) is 18.1 Å². The molecule has 0 aliphatic heterocycles. The van der Waals surface area contributed by atoms with E-state index < -0.39 is 0 Å². The lowest BCUT2D eigenvalue weighted by molar-refractivity contribution is 0.0920. The first-order valence-electron chi connectivity index (χ1n) is 8.41. The van der Waals surface area contributed by atoms with Crippen LogP contribution in [0.5, 0.6) is 0 Å². The summed E-state index contributed by atoms with van der Waals surface area (Å²) in [5.41, 5.74) is 1.42. The molecule has 0 saturated carbocycles. The summed E-state index contributed by atoms with van der Waals surface area (Å²) in [5, 5.41) is 1.71. The van der Waals surface area contributed by atoms with Crippen LogP contribution in [0.15, 0.2) is 9.95 Å². The first kappa shape index (κ1) is 17.0. The van der Waals surface area contributed by atoms with Crippen molar-refractivity contribution in [1.82, 2.24) is 9.55 Å². The molecule has 4 nitrogen and oxygen atoms in total. The zero-order valence-corrected chi connectivity index (χ0v) is 15.7. The highest BCUT2D eigenvalue weighted by Gasteiger charge is 2.21. The highest BCUT2D eigenvalue weighted by Crippen LogP contribution is 2.34. The Morgan fingerprint density at radius 2 is 2.13 bits per heavy atom. The van der Waals surface area contributed by atoms with Gasteiger partial charge in [-0.3, -0.25) is 9.36 Å². The molecule has 0 unspecified atom stereocenters. The lowest BCUT2D eigenvalue weighted by Gasteiger charge is -2.12. The molecule has 0 radical (unpaired) electrons. The maximum atomic E-state index is 12.9. The summed E-state index contributed by atoms with van der Waals surface area (Å²) in [4.78, 5) is 20.1. The van der Waals surface area contributed by atoms with Crippen LogP contribution in [-0.4, -0.2) is 28.0 Å². The molecule has 1 aliphatic carbocycles. The summed E-state index contributed by atoms with van der Waals surface area (Å²) in [6, 6.07) is 0. The minimum Gasteiger partial charge on any atom is -0.378 e. The van der Waals surface area contributed by atoms with Gasteiger partial charge in [-0.15, -0.1) is 11.3 Å². The molecule has 2 aromatic rings. The number of nitrogens with zero attached hydrogens (tertiary/aromatic N) is 2. The van der Waals surface area contributed by atoms with Crippen LogP contribution in [0.4, 0.5) is 0 Å². The van der Waals surface area contributed by atoms with Gasteiger partial charge in [-0.1, -0.05) is 11.8 Å². The Morgan fingerprint density at radius 1 is 1.35 bits per heavy atom. The van der Waals surface area contributed by atoms with Crippen molar-refractivity contribution in [1.29, 1.82) is 0 Å². The van der Waals surface area contributed by atoms with Gasteiger partial charge in [-0.05, 0) is 52.0 Å². The van der Waals surface area contributed by atoms with Crippen molar-refractivity contribution in [3.8, 4) is 0 Å². The maximum absolute atomic E-state index is 12.9. The zero-order valence-electron chi connectivity index (χ0n) is 14.1. The van der Waals surface area contributed by atoms with Gasteiger partial charge in [0.2, 0.25) is 0 Å². The minimum absolute atomic E-state index is 0.143. The molecule has 1 aliphatic rings. The Bertz CT molecular complexity index is 749. The van der Waals surface area contributed by atoms with E-state index in [4.69, 9.17) is 9.72 Å². The van der Waals surface area contributed by atoms with Crippen molar-refractivity contribution in [2.45, 2.75) is 64.3 Å². The zero-order chi connectivity index (χ0) is 16.4. The van der Waals surface area contributed by atoms with Gasteiger partial charge in [-0.2, -0.15) is 0 Å². The van der Waals surface area contributed by atoms with Crippen LogP contribution in [0.3, 0.4) is 0 Å². The number of rotatable bonds is 6.